The molecule has 2 heterocycles. The predicted octanol–water partition coefficient (Wildman–Crippen LogP) is 0.870. The van der Waals surface area contributed by atoms with Gasteiger partial charge in [-0.2, -0.15) is 0 Å². The van der Waals surface area contributed by atoms with Crippen LogP contribution in [0.4, 0.5) is 0 Å². The van der Waals surface area contributed by atoms with Crippen LogP contribution in [0, 0.1) is 0 Å². The minimum absolute atomic E-state index is 0.258. The first-order chi connectivity index (χ1) is 9.75. The Hall–Kier alpha value is -2.76. The smallest absolute Gasteiger partial charge is 0.271 e. The molecule has 0 spiro atoms. The van der Waals surface area contributed by atoms with Gasteiger partial charge in [0.2, 0.25) is 5.91 Å². The van der Waals surface area contributed by atoms with Gasteiger partial charge in [-0.05, 0) is 30.2 Å². The maximum atomic E-state index is 11.6. The van der Waals surface area contributed by atoms with Crippen molar-refractivity contribution in [3.05, 3.63) is 60.2 Å². The normalized spacial score (nSPS) is 9.80. The summed E-state index contributed by atoms with van der Waals surface area (Å²) < 4.78 is 0. The molecule has 2 amide bonds. The van der Waals surface area contributed by atoms with Crippen molar-refractivity contribution in [3.8, 4) is 0 Å². The molecule has 6 heteroatoms. The molecule has 0 fully saturated rings. The van der Waals surface area contributed by atoms with Crippen molar-refractivity contribution < 1.29 is 9.59 Å². The molecule has 0 bridgehead atoms. The number of aromatic nitrogens is 2. The molecule has 0 aliphatic carbocycles. The summed E-state index contributed by atoms with van der Waals surface area (Å²) >= 11 is 0. The molecule has 2 aromatic heterocycles. The van der Waals surface area contributed by atoms with E-state index >= 15 is 0 Å². The number of hydrogen-bond acceptors (Lipinski definition) is 4. The lowest BCUT2D eigenvalue weighted by Crippen LogP contribution is -2.41. The lowest BCUT2D eigenvalue weighted by Gasteiger charge is -2.07. The first kappa shape index (κ1) is 13.7. The zero-order valence-corrected chi connectivity index (χ0v) is 10.7. The average molecular weight is 270 g/mol. The summed E-state index contributed by atoms with van der Waals surface area (Å²) in [5.41, 5.74) is 6.07. The van der Waals surface area contributed by atoms with Gasteiger partial charge in [-0.25, -0.2) is 0 Å². The zero-order valence-electron chi connectivity index (χ0n) is 10.7. The highest BCUT2D eigenvalue weighted by Crippen LogP contribution is 2.00. The van der Waals surface area contributed by atoms with Crippen LogP contribution in [0.5, 0.6) is 0 Å². The molecule has 6 nitrogen and oxygen atoms in total. The molecule has 0 saturated carbocycles. The number of carbonyl (C=O) groups excluding carboxylic acids is 2. The largest absolute Gasteiger partial charge is 0.273 e. The van der Waals surface area contributed by atoms with E-state index in [2.05, 4.69) is 20.8 Å². The summed E-state index contributed by atoms with van der Waals surface area (Å²) in [7, 11) is 0. The second-order valence-electron chi connectivity index (χ2n) is 4.11. The zero-order chi connectivity index (χ0) is 14.2. The Labute approximate surface area is 116 Å². The average Bonchev–Trinajstić information content (AvgIpc) is 2.52. The van der Waals surface area contributed by atoms with Crippen LogP contribution >= 0.6 is 0 Å². The van der Waals surface area contributed by atoms with Crippen molar-refractivity contribution in [3.63, 3.8) is 0 Å². The van der Waals surface area contributed by atoms with E-state index in [4.69, 9.17) is 0 Å². The molecule has 0 radical (unpaired) electrons. The standard InChI is InChI=1S/C14H14N4O2/c19-13(6-5-11-3-1-7-15-9-11)17-18-14(20)12-4-2-8-16-10-12/h1-4,7-10H,5-6H2,(H,17,19)(H,18,20). The summed E-state index contributed by atoms with van der Waals surface area (Å²) in [4.78, 5) is 31.0. The number of rotatable bonds is 4. The number of aryl methyl sites for hydroxylation is 1. The Balaban J connectivity index is 1.74. The van der Waals surface area contributed by atoms with E-state index < -0.39 is 5.91 Å². The molecule has 0 aromatic carbocycles. The van der Waals surface area contributed by atoms with Crippen LogP contribution in [-0.2, 0) is 11.2 Å². The van der Waals surface area contributed by atoms with Gasteiger partial charge in [0.05, 0.1) is 5.56 Å². The Bertz CT molecular complexity index is 572. The third kappa shape index (κ3) is 4.16. The van der Waals surface area contributed by atoms with Crippen LogP contribution in [0.1, 0.15) is 22.3 Å². The highest BCUT2D eigenvalue weighted by molar-refractivity contribution is 5.95. The van der Waals surface area contributed by atoms with E-state index in [1.807, 2.05) is 12.1 Å². The second kappa shape index (κ2) is 6.98. The van der Waals surface area contributed by atoms with Crippen LogP contribution in [0.25, 0.3) is 0 Å². The molecule has 0 unspecified atom stereocenters. The third-order valence-corrected chi connectivity index (χ3v) is 2.60. The molecular formula is C14H14N4O2. The Kier molecular flexibility index (Phi) is 4.77. The van der Waals surface area contributed by atoms with Gasteiger partial charge in [-0.1, -0.05) is 6.07 Å². The number of carbonyl (C=O) groups is 2. The minimum Gasteiger partial charge on any atom is -0.273 e. The van der Waals surface area contributed by atoms with E-state index in [0.29, 0.717) is 12.0 Å². The van der Waals surface area contributed by atoms with E-state index in [-0.39, 0.29) is 12.3 Å². The van der Waals surface area contributed by atoms with Crippen LogP contribution in [0.2, 0.25) is 0 Å². The van der Waals surface area contributed by atoms with Gasteiger partial charge in [0.15, 0.2) is 0 Å². The summed E-state index contributed by atoms with van der Waals surface area (Å²) in [5, 5.41) is 0. The van der Waals surface area contributed by atoms with E-state index in [1.54, 1.807) is 30.7 Å². The number of amides is 2. The van der Waals surface area contributed by atoms with Gasteiger partial charge in [0, 0.05) is 31.2 Å². The summed E-state index contributed by atoms with van der Waals surface area (Å²) in [5.74, 6) is -0.654. The minimum atomic E-state index is -0.396. The number of nitrogens with zero attached hydrogens (tertiary/aromatic N) is 2. The van der Waals surface area contributed by atoms with Crippen LogP contribution < -0.4 is 10.9 Å². The molecule has 2 rings (SSSR count). The lowest BCUT2D eigenvalue weighted by atomic mass is 10.1. The maximum Gasteiger partial charge on any atom is 0.271 e. The first-order valence-corrected chi connectivity index (χ1v) is 6.14. The molecule has 2 N–H and O–H groups in total. The SMILES string of the molecule is O=C(CCc1cccnc1)NNC(=O)c1cccnc1. The molecule has 0 atom stereocenters. The fraction of sp³-hybridized carbons (Fsp3) is 0.143. The lowest BCUT2D eigenvalue weighted by molar-refractivity contribution is -0.121. The van der Waals surface area contributed by atoms with Crippen LogP contribution in [-0.4, -0.2) is 21.8 Å². The van der Waals surface area contributed by atoms with Crippen molar-refractivity contribution in [1.29, 1.82) is 0 Å². The van der Waals surface area contributed by atoms with Gasteiger partial charge in [-0.15, -0.1) is 0 Å². The highest BCUT2D eigenvalue weighted by Gasteiger charge is 2.07. The van der Waals surface area contributed by atoms with Gasteiger partial charge in [0.25, 0.3) is 5.91 Å². The third-order valence-electron chi connectivity index (χ3n) is 2.60. The number of nitrogens with one attached hydrogen (secondary N) is 2. The van der Waals surface area contributed by atoms with Crippen molar-refractivity contribution in [1.82, 2.24) is 20.8 Å². The van der Waals surface area contributed by atoms with Gasteiger partial charge >= 0.3 is 0 Å². The van der Waals surface area contributed by atoms with Gasteiger partial charge in [-0.3, -0.25) is 30.4 Å². The molecular weight excluding hydrogens is 256 g/mol. The van der Waals surface area contributed by atoms with Crippen molar-refractivity contribution in [2.45, 2.75) is 12.8 Å². The number of pyridine rings is 2. The van der Waals surface area contributed by atoms with E-state index in [0.717, 1.165) is 5.56 Å². The first-order valence-electron chi connectivity index (χ1n) is 6.14. The van der Waals surface area contributed by atoms with Crippen molar-refractivity contribution >= 4 is 11.8 Å². The number of hydrogen-bond donors (Lipinski definition) is 2. The Morgan fingerprint density at radius 2 is 1.75 bits per heavy atom. The van der Waals surface area contributed by atoms with Crippen molar-refractivity contribution in [2.24, 2.45) is 0 Å². The van der Waals surface area contributed by atoms with E-state index in [9.17, 15) is 9.59 Å². The highest BCUT2D eigenvalue weighted by atomic mass is 16.2. The molecule has 0 aliphatic rings. The topological polar surface area (TPSA) is 84.0 Å². The van der Waals surface area contributed by atoms with Crippen LogP contribution in [0.3, 0.4) is 0 Å². The fourth-order valence-electron chi connectivity index (χ4n) is 1.56. The molecule has 20 heavy (non-hydrogen) atoms. The van der Waals surface area contributed by atoms with E-state index in [1.165, 1.54) is 6.20 Å². The molecule has 102 valence electrons. The Morgan fingerprint density at radius 3 is 2.40 bits per heavy atom. The molecule has 0 saturated heterocycles. The quantitative estimate of drug-likeness (QED) is 0.807. The monoisotopic (exact) mass is 270 g/mol. The molecule has 0 aliphatic heterocycles. The predicted molar refractivity (Wildman–Crippen MR) is 72.4 cm³/mol. The summed E-state index contributed by atoms with van der Waals surface area (Å²) in [6.45, 7) is 0. The van der Waals surface area contributed by atoms with Crippen molar-refractivity contribution in [2.75, 3.05) is 0 Å². The fourth-order valence-corrected chi connectivity index (χ4v) is 1.56. The van der Waals surface area contributed by atoms with Gasteiger partial charge in [0.1, 0.15) is 0 Å². The number of hydrazine groups is 1. The Morgan fingerprint density at radius 1 is 1.00 bits per heavy atom. The maximum absolute atomic E-state index is 11.6. The summed E-state index contributed by atoms with van der Waals surface area (Å²) in [6.07, 6.45) is 7.24. The molecule has 2 aromatic rings. The second-order valence-corrected chi connectivity index (χ2v) is 4.11. The van der Waals surface area contributed by atoms with Crippen LogP contribution in [0.15, 0.2) is 49.1 Å². The van der Waals surface area contributed by atoms with Gasteiger partial charge < -0.3 is 0 Å². The summed E-state index contributed by atoms with van der Waals surface area (Å²) in [6, 6.07) is 6.98.